The monoisotopic (exact) mass is 375 g/mol. The fourth-order valence-electron chi connectivity index (χ4n) is 2.00. The van der Waals surface area contributed by atoms with Gasteiger partial charge >= 0.3 is 0 Å². The summed E-state index contributed by atoms with van der Waals surface area (Å²) in [5.41, 5.74) is 1.17. The second kappa shape index (κ2) is 5.62. The largest absolute Gasteiger partial charge is 0.280 e. The van der Waals surface area contributed by atoms with Gasteiger partial charge in [0.05, 0.1) is 21.8 Å². The third-order valence-electron chi connectivity index (χ3n) is 2.92. The molecule has 0 aliphatic heterocycles. The Morgan fingerprint density at radius 3 is 2.41 bits per heavy atom. The van der Waals surface area contributed by atoms with E-state index in [0.29, 0.717) is 5.69 Å². The fourth-order valence-corrected chi connectivity index (χ4v) is 4.60. The Balaban J connectivity index is 2.03. The van der Waals surface area contributed by atoms with Crippen molar-refractivity contribution in [1.82, 2.24) is 10.2 Å². The average Bonchev–Trinajstić information content (AvgIpc) is 2.83. The smallest absolute Gasteiger partial charge is 0.264 e. The minimum Gasteiger partial charge on any atom is -0.280 e. The standard InChI is InChI=1S/C13H8Cl3N3O2S/c14-8-4-10(15)13(11(16)5-8)22(20,21)19-9-1-2-12-7(3-9)6-17-18-12/h1-6,19H,(H,17,18). The maximum absolute atomic E-state index is 12.5. The molecule has 0 amide bonds. The second-order valence-corrected chi connectivity index (χ2v) is 7.35. The van der Waals surface area contributed by atoms with Gasteiger partial charge in [0, 0.05) is 16.1 Å². The van der Waals surface area contributed by atoms with E-state index in [1.54, 1.807) is 24.4 Å². The van der Waals surface area contributed by atoms with Crippen molar-refractivity contribution in [2.75, 3.05) is 4.72 Å². The number of hydrogen-bond donors (Lipinski definition) is 2. The van der Waals surface area contributed by atoms with Crippen LogP contribution in [0.15, 0.2) is 41.4 Å². The topological polar surface area (TPSA) is 74.8 Å². The molecule has 0 saturated heterocycles. The van der Waals surface area contributed by atoms with E-state index in [1.807, 2.05) is 0 Å². The summed E-state index contributed by atoms with van der Waals surface area (Å²) in [5, 5.41) is 7.59. The number of benzene rings is 2. The number of aromatic amines is 1. The van der Waals surface area contributed by atoms with Gasteiger partial charge in [0.25, 0.3) is 10.0 Å². The molecular weight excluding hydrogens is 369 g/mol. The molecule has 2 aromatic carbocycles. The second-order valence-electron chi connectivity index (χ2n) is 4.48. The Morgan fingerprint density at radius 2 is 1.73 bits per heavy atom. The molecule has 0 aliphatic carbocycles. The number of H-pyrrole nitrogens is 1. The molecule has 0 fully saturated rings. The van der Waals surface area contributed by atoms with Gasteiger partial charge in [-0.1, -0.05) is 34.8 Å². The third-order valence-corrected chi connectivity index (χ3v) is 5.44. The summed E-state index contributed by atoms with van der Waals surface area (Å²) in [6.45, 7) is 0. The first-order valence-corrected chi connectivity index (χ1v) is 8.59. The van der Waals surface area contributed by atoms with Crippen LogP contribution >= 0.6 is 34.8 Å². The highest BCUT2D eigenvalue weighted by atomic mass is 35.5. The van der Waals surface area contributed by atoms with Crippen LogP contribution in [0.2, 0.25) is 15.1 Å². The molecule has 1 heterocycles. The van der Waals surface area contributed by atoms with Crippen LogP contribution < -0.4 is 4.72 Å². The van der Waals surface area contributed by atoms with Crippen LogP contribution in [0, 0.1) is 0 Å². The summed E-state index contributed by atoms with van der Waals surface area (Å²) in [6.07, 6.45) is 1.59. The van der Waals surface area contributed by atoms with E-state index < -0.39 is 10.0 Å². The number of nitrogens with one attached hydrogen (secondary N) is 2. The number of halogens is 3. The Hall–Kier alpha value is -1.47. The van der Waals surface area contributed by atoms with Gasteiger partial charge in [-0.3, -0.25) is 9.82 Å². The predicted octanol–water partition coefficient (Wildman–Crippen LogP) is 4.32. The van der Waals surface area contributed by atoms with Crippen LogP contribution in [-0.2, 0) is 10.0 Å². The van der Waals surface area contributed by atoms with E-state index in [-0.39, 0.29) is 20.0 Å². The van der Waals surface area contributed by atoms with Crippen LogP contribution in [-0.4, -0.2) is 18.6 Å². The maximum atomic E-state index is 12.5. The number of sulfonamides is 1. The van der Waals surface area contributed by atoms with Gasteiger partial charge in [-0.2, -0.15) is 5.10 Å². The third kappa shape index (κ3) is 2.87. The molecule has 2 N–H and O–H groups in total. The van der Waals surface area contributed by atoms with Crippen LogP contribution in [0.4, 0.5) is 5.69 Å². The Labute approximate surface area is 141 Å². The van der Waals surface area contributed by atoms with E-state index in [1.165, 1.54) is 12.1 Å². The number of anilines is 1. The van der Waals surface area contributed by atoms with E-state index in [2.05, 4.69) is 14.9 Å². The van der Waals surface area contributed by atoms with Crippen molar-refractivity contribution in [2.45, 2.75) is 4.90 Å². The molecule has 0 unspecified atom stereocenters. The minimum atomic E-state index is -3.95. The summed E-state index contributed by atoms with van der Waals surface area (Å²) < 4.78 is 27.4. The van der Waals surface area contributed by atoms with E-state index in [9.17, 15) is 8.42 Å². The minimum absolute atomic E-state index is 0.0469. The van der Waals surface area contributed by atoms with Gasteiger partial charge < -0.3 is 0 Å². The molecule has 0 spiro atoms. The molecule has 0 saturated carbocycles. The molecule has 3 aromatic rings. The summed E-state index contributed by atoms with van der Waals surface area (Å²) in [5.74, 6) is 0. The Kier molecular flexibility index (Phi) is 3.94. The predicted molar refractivity (Wildman–Crippen MR) is 88.4 cm³/mol. The highest BCUT2D eigenvalue weighted by Crippen LogP contribution is 2.34. The highest BCUT2D eigenvalue weighted by Gasteiger charge is 2.22. The summed E-state index contributed by atoms with van der Waals surface area (Å²) in [4.78, 5) is -0.215. The zero-order valence-electron chi connectivity index (χ0n) is 10.8. The Bertz CT molecular complexity index is 947. The normalized spacial score (nSPS) is 11.8. The van der Waals surface area contributed by atoms with Gasteiger partial charge in [0.1, 0.15) is 4.90 Å². The van der Waals surface area contributed by atoms with Crippen molar-refractivity contribution in [1.29, 1.82) is 0 Å². The molecule has 9 heteroatoms. The molecule has 0 bridgehead atoms. The van der Waals surface area contributed by atoms with Gasteiger partial charge in [0.15, 0.2) is 0 Å². The van der Waals surface area contributed by atoms with Gasteiger partial charge in [0.2, 0.25) is 0 Å². The molecule has 3 rings (SSSR count). The summed E-state index contributed by atoms with van der Waals surface area (Å²) >= 11 is 17.7. The van der Waals surface area contributed by atoms with Crippen molar-refractivity contribution in [2.24, 2.45) is 0 Å². The number of nitrogens with zero attached hydrogens (tertiary/aromatic N) is 1. The number of rotatable bonds is 3. The zero-order chi connectivity index (χ0) is 15.9. The molecule has 1 aromatic heterocycles. The molecule has 0 radical (unpaired) electrons. The SMILES string of the molecule is O=S(=O)(Nc1ccc2[nH]ncc2c1)c1c(Cl)cc(Cl)cc1Cl. The van der Waals surface area contributed by atoms with Crippen molar-refractivity contribution in [3.63, 3.8) is 0 Å². The lowest BCUT2D eigenvalue weighted by molar-refractivity contribution is 0.601. The first-order valence-electron chi connectivity index (χ1n) is 5.97. The molecular formula is C13H8Cl3N3O2S. The number of aromatic nitrogens is 2. The molecule has 5 nitrogen and oxygen atoms in total. The molecule has 0 atom stereocenters. The molecule has 22 heavy (non-hydrogen) atoms. The van der Waals surface area contributed by atoms with Crippen LogP contribution in [0.1, 0.15) is 0 Å². The zero-order valence-corrected chi connectivity index (χ0v) is 13.9. The van der Waals surface area contributed by atoms with Crippen LogP contribution in [0.25, 0.3) is 10.9 Å². The summed E-state index contributed by atoms with van der Waals surface area (Å²) in [6, 6.07) is 7.61. The quantitative estimate of drug-likeness (QED) is 0.714. The lowest BCUT2D eigenvalue weighted by Crippen LogP contribution is -2.14. The van der Waals surface area contributed by atoms with E-state index >= 15 is 0 Å². The lowest BCUT2D eigenvalue weighted by atomic mass is 10.2. The van der Waals surface area contributed by atoms with E-state index in [0.717, 1.165) is 10.9 Å². The van der Waals surface area contributed by atoms with Gasteiger partial charge in [-0.05, 0) is 30.3 Å². The Morgan fingerprint density at radius 1 is 1.05 bits per heavy atom. The lowest BCUT2D eigenvalue weighted by Gasteiger charge is -2.11. The van der Waals surface area contributed by atoms with Crippen molar-refractivity contribution < 1.29 is 8.42 Å². The first-order chi connectivity index (χ1) is 10.4. The average molecular weight is 377 g/mol. The fraction of sp³-hybridized carbons (Fsp3) is 0. The van der Waals surface area contributed by atoms with E-state index in [4.69, 9.17) is 34.8 Å². The molecule has 114 valence electrons. The van der Waals surface area contributed by atoms with Crippen LogP contribution in [0.5, 0.6) is 0 Å². The first kappa shape index (κ1) is 15.4. The van der Waals surface area contributed by atoms with Crippen molar-refractivity contribution in [3.05, 3.63) is 51.6 Å². The molecule has 0 aliphatic rings. The van der Waals surface area contributed by atoms with Gasteiger partial charge in [-0.15, -0.1) is 0 Å². The highest BCUT2D eigenvalue weighted by molar-refractivity contribution is 7.93. The maximum Gasteiger partial charge on any atom is 0.264 e. The van der Waals surface area contributed by atoms with Crippen LogP contribution in [0.3, 0.4) is 0 Å². The number of hydrogen-bond acceptors (Lipinski definition) is 3. The van der Waals surface area contributed by atoms with Crippen molar-refractivity contribution in [3.8, 4) is 0 Å². The van der Waals surface area contributed by atoms with Crippen molar-refractivity contribution >= 4 is 61.4 Å². The summed E-state index contributed by atoms with van der Waals surface area (Å²) in [7, 11) is -3.95. The van der Waals surface area contributed by atoms with Gasteiger partial charge in [-0.25, -0.2) is 8.42 Å². The number of fused-ring (bicyclic) bond motifs is 1.